The summed E-state index contributed by atoms with van der Waals surface area (Å²) in [6.07, 6.45) is 3.78. The summed E-state index contributed by atoms with van der Waals surface area (Å²) in [4.78, 5) is 23.2. The van der Waals surface area contributed by atoms with Crippen LogP contribution in [-0.4, -0.2) is 37.0 Å². The number of carbonyl (C=O) groups excluding carboxylic acids is 2. The number of rotatable bonds is 5. The molecule has 1 fully saturated rings. The Morgan fingerprint density at radius 2 is 2.10 bits per heavy atom. The highest BCUT2D eigenvalue weighted by Gasteiger charge is 2.25. The second kappa shape index (κ2) is 7.17. The van der Waals surface area contributed by atoms with Gasteiger partial charge in [-0.25, -0.2) is 0 Å². The summed E-state index contributed by atoms with van der Waals surface area (Å²) in [6, 6.07) is 5.01. The minimum Gasteiger partial charge on any atom is -0.493 e. The molecule has 0 aromatic heterocycles. The smallest absolute Gasteiger partial charge is 0.244 e. The van der Waals surface area contributed by atoms with E-state index in [0.717, 1.165) is 11.3 Å². The van der Waals surface area contributed by atoms with Crippen LogP contribution < -0.4 is 14.8 Å². The number of benzene rings is 1. The lowest BCUT2D eigenvalue weighted by Gasteiger charge is -2.08. The molecule has 5 nitrogen and oxygen atoms in total. The van der Waals surface area contributed by atoms with Gasteiger partial charge in [0.15, 0.2) is 11.5 Å². The maximum Gasteiger partial charge on any atom is 0.244 e. The van der Waals surface area contributed by atoms with Gasteiger partial charge in [0.1, 0.15) is 0 Å². The quantitative estimate of drug-likeness (QED) is 0.841. The Kier molecular flexibility index (Phi) is 5.27. The molecule has 2 rings (SSSR count). The number of carbonyl (C=O) groups is 2. The molecule has 0 aliphatic carbocycles. The molecular formula is C15H17NO4S. The number of ether oxygens (including phenoxy) is 2. The van der Waals surface area contributed by atoms with Gasteiger partial charge in [0, 0.05) is 11.8 Å². The van der Waals surface area contributed by atoms with E-state index >= 15 is 0 Å². The first-order valence-corrected chi connectivity index (χ1v) is 7.50. The van der Waals surface area contributed by atoms with E-state index in [9.17, 15) is 9.59 Å². The number of amides is 1. The second-order valence-corrected chi connectivity index (χ2v) is 5.56. The first-order chi connectivity index (χ1) is 10.1. The Morgan fingerprint density at radius 1 is 1.33 bits per heavy atom. The molecule has 1 unspecified atom stereocenters. The molecule has 1 N–H and O–H groups in total. The highest BCUT2D eigenvalue weighted by molar-refractivity contribution is 8.14. The first-order valence-electron chi connectivity index (χ1n) is 6.51. The van der Waals surface area contributed by atoms with E-state index in [0.29, 0.717) is 17.9 Å². The van der Waals surface area contributed by atoms with Crippen LogP contribution in [0.25, 0.3) is 6.08 Å². The third-order valence-electron chi connectivity index (χ3n) is 3.09. The van der Waals surface area contributed by atoms with E-state index in [-0.39, 0.29) is 17.1 Å². The van der Waals surface area contributed by atoms with Gasteiger partial charge in [-0.05, 0) is 30.2 Å². The van der Waals surface area contributed by atoms with Gasteiger partial charge in [-0.1, -0.05) is 17.8 Å². The van der Waals surface area contributed by atoms with Crippen molar-refractivity contribution in [2.45, 2.75) is 12.5 Å². The van der Waals surface area contributed by atoms with Crippen LogP contribution in [0.1, 0.15) is 12.0 Å². The second-order valence-electron chi connectivity index (χ2n) is 4.47. The van der Waals surface area contributed by atoms with Crippen molar-refractivity contribution >= 4 is 28.9 Å². The van der Waals surface area contributed by atoms with Gasteiger partial charge < -0.3 is 14.8 Å². The zero-order valence-corrected chi connectivity index (χ0v) is 12.7. The maximum absolute atomic E-state index is 11.8. The average Bonchev–Trinajstić information content (AvgIpc) is 2.90. The van der Waals surface area contributed by atoms with Gasteiger partial charge in [0.25, 0.3) is 0 Å². The van der Waals surface area contributed by atoms with Crippen LogP contribution in [0.2, 0.25) is 0 Å². The van der Waals surface area contributed by atoms with Crippen LogP contribution in [0.4, 0.5) is 0 Å². The third-order valence-corrected chi connectivity index (χ3v) is 4.10. The molecule has 0 bridgehead atoms. The molecule has 1 aliphatic heterocycles. The normalized spacial score (nSPS) is 18.0. The summed E-state index contributed by atoms with van der Waals surface area (Å²) in [6.45, 7) is 0. The van der Waals surface area contributed by atoms with Crippen molar-refractivity contribution in [3.63, 3.8) is 0 Å². The van der Waals surface area contributed by atoms with Gasteiger partial charge in [-0.15, -0.1) is 0 Å². The van der Waals surface area contributed by atoms with Crippen LogP contribution in [0.15, 0.2) is 24.3 Å². The molecule has 1 amide bonds. The van der Waals surface area contributed by atoms with E-state index in [2.05, 4.69) is 5.32 Å². The Balaban J connectivity index is 2.00. The molecule has 1 aromatic rings. The van der Waals surface area contributed by atoms with Crippen LogP contribution in [0.3, 0.4) is 0 Å². The summed E-state index contributed by atoms with van der Waals surface area (Å²) in [5, 5.41) is 2.73. The molecule has 1 saturated heterocycles. The molecule has 1 aromatic carbocycles. The SMILES string of the molecule is COc1ccc(C=CC(=O)NC2CCSC2=O)cc1OC. The molecule has 1 heterocycles. The van der Waals surface area contributed by atoms with Crippen molar-refractivity contribution in [3.05, 3.63) is 29.8 Å². The first kappa shape index (κ1) is 15.4. The maximum atomic E-state index is 11.8. The summed E-state index contributed by atoms with van der Waals surface area (Å²) in [5.74, 6) is 1.73. The Labute approximate surface area is 127 Å². The molecule has 1 atom stereocenters. The lowest BCUT2D eigenvalue weighted by Crippen LogP contribution is -2.35. The predicted molar refractivity (Wildman–Crippen MR) is 82.6 cm³/mol. The Bertz CT molecular complexity index is 571. The molecule has 6 heteroatoms. The lowest BCUT2D eigenvalue weighted by molar-refractivity contribution is -0.120. The minimum atomic E-state index is -0.363. The largest absolute Gasteiger partial charge is 0.493 e. The number of hydrogen-bond acceptors (Lipinski definition) is 5. The average molecular weight is 307 g/mol. The van der Waals surface area contributed by atoms with Crippen molar-refractivity contribution in [2.75, 3.05) is 20.0 Å². The minimum absolute atomic E-state index is 0.0304. The van der Waals surface area contributed by atoms with Gasteiger partial charge in [-0.2, -0.15) is 0 Å². The van der Waals surface area contributed by atoms with Gasteiger partial charge in [0.05, 0.1) is 20.3 Å². The van der Waals surface area contributed by atoms with Crippen LogP contribution in [0, 0.1) is 0 Å². The van der Waals surface area contributed by atoms with E-state index in [4.69, 9.17) is 9.47 Å². The van der Waals surface area contributed by atoms with Gasteiger partial charge in [0.2, 0.25) is 11.0 Å². The van der Waals surface area contributed by atoms with E-state index in [1.165, 1.54) is 17.8 Å². The number of hydrogen-bond donors (Lipinski definition) is 1. The fourth-order valence-electron chi connectivity index (χ4n) is 1.98. The van der Waals surface area contributed by atoms with E-state index in [1.807, 2.05) is 6.07 Å². The summed E-state index contributed by atoms with van der Waals surface area (Å²) >= 11 is 1.26. The highest BCUT2D eigenvalue weighted by Crippen LogP contribution is 2.28. The van der Waals surface area contributed by atoms with E-state index in [1.54, 1.807) is 32.4 Å². The molecule has 0 saturated carbocycles. The zero-order chi connectivity index (χ0) is 15.2. The Morgan fingerprint density at radius 3 is 2.71 bits per heavy atom. The topological polar surface area (TPSA) is 64.6 Å². The molecule has 21 heavy (non-hydrogen) atoms. The standard InChI is InChI=1S/C15H17NO4S/c1-19-12-5-3-10(9-13(12)20-2)4-6-14(17)16-11-7-8-21-15(11)18/h3-6,9,11H,7-8H2,1-2H3,(H,16,17). The van der Waals surface area contributed by atoms with Crippen molar-refractivity contribution < 1.29 is 19.1 Å². The Hall–Kier alpha value is -1.95. The summed E-state index contributed by atoms with van der Waals surface area (Å²) in [5.41, 5.74) is 0.815. The van der Waals surface area contributed by atoms with E-state index < -0.39 is 0 Å². The molecular weight excluding hydrogens is 290 g/mol. The van der Waals surface area contributed by atoms with Crippen LogP contribution >= 0.6 is 11.8 Å². The molecule has 0 spiro atoms. The van der Waals surface area contributed by atoms with Gasteiger partial charge in [-0.3, -0.25) is 9.59 Å². The number of thioether (sulfide) groups is 1. The summed E-state index contributed by atoms with van der Waals surface area (Å²) < 4.78 is 10.3. The van der Waals surface area contributed by atoms with Crippen LogP contribution in [-0.2, 0) is 9.59 Å². The third kappa shape index (κ3) is 4.01. The highest BCUT2D eigenvalue weighted by atomic mass is 32.2. The molecule has 1 aliphatic rings. The molecule has 112 valence electrons. The van der Waals surface area contributed by atoms with Crippen molar-refractivity contribution in [1.29, 1.82) is 0 Å². The van der Waals surface area contributed by atoms with Crippen molar-refractivity contribution in [1.82, 2.24) is 5.32 Å². The summed E-state index contributed by atoms with van der Waals surface area (Å²) in [7, 11) is 3.12. The fourth-order valence-corrected chi connectivity index (χ4v) is 2.91. The molecule has 0 radical (unpaired) electrons. The van der Waals surface area contributed by atoms with Crippen molar-refractivity contribution in [3.8, 4) is 11.5 Å². The predicted octanol–water partition coefficient (Wildman–Crippen LogP) is 1.87. The number of methoxy groups -OCH3 is 2. The lowest BCUT2D eigenvalue weighted by atomic mass is 10.2. The fraction of sp³-hybridized carbons (Fsp3) is 0.333. The zero-order valence-electron chi connectivity index (χ0n) is 11.9. The van der Waals surface area contributed by atoms with Gasteiger partial charge >= 0.3 is 0 Å². The van der Waals surface area contributed by atoms with Crippen molar-refractivity contribution in [2.24, 2.45) is 0 Å². The number of nitrogens with one attached hydrogen (secondary N) is 1. The van der Waals surface area contributed by atoms with Crippen LogP contribution in [0.5, 0.6) is 11.5 Å². The monoisotopic (exact) mass is 307 g/mol.